The fourth-order valence-electron chi connectivity index (χ4n) is 3.14. The van der Waals surface area contributed by atoms with E-state index in [1.165, 1.54) is 22.5 Å². The van der Waals surface area contributed by atoms with Crippen molar-refractivity contribution in [2.45, 2.75) is 13.8 Å². The van der Waals surface area contributed by atoms with Crippen molar-refractivity contribution in [2.24, 2.45) is 0 Å². The number of carbonyl (C=O) groups is 1. The Balaban J connectivity index is 1.78. The summed E-state index contributed by atoms with van der Waals surface area (Å²) in [4.78, 5) is 22.8. The molecule has 0 saturated heterocycles. The second-order valence-corrected chi connectivity index (χ2v) is 9.84. The molecule has 0 unspecified atom stereocenters. The molecule has 0 bridgehead atoms. The van der Waals surface area contributed by atoms with Crippen molar-refractivity contribution in [1.82, 2.24) is 9.88 Å². The standard InChI is InChI=1S/C22H22ClN3OS2/c1-13-11-16-18(12-14(13)2)29-22(24-16)26(10-9-25(3)4)21(27)20-19(23)15-7-5-6-8-17(15)28-20/h5-8,11-12H,9-10H2,1-4H3. The topological polar surface area (TPSA) is 36.4 Å². The van der Waals surface area contributed by atoms with E-state index in [1.54, 1.807) is 16.2 Å². The van der Waals surface area contributed by atoms with E-state index in [9.17, 15) is 4.79 Å². The number of carbonyl (C=O) groups excluding carboxylic acids is 1. The highest BCUT2D eigenvalue weighted by molar-refractivity contribution is 7.23. The van der Waals surface area contributed by atoms with Crippen molar-refractivity contribution >= 4 is 65.6 Å². The van der Waals surface area contributed by atoms with Crippen molar-refractivity contribution in [3.8, 4) is 0 Å². The van der Waals surface area contributed by atoms with Gasteiger partial charge < -0.3 is 4.90 Å². The SMILES string of the molecule is Cc1cc2nc(N(CCN(C)C)C(=O)c3sc4ccccc4c3Cl)sc2cc1C. The molecule has 7 heteroatoms. The van der Waals surface area contributed by atoms with Gasteiger partial charge in [-0.1, -0.05) is 41.1 Å². The number of rotatable bonds is 5. The lowest BCUT2D eigenvalue weighted by Gasteiger charge is -2.21. The van der Waals surface area contributed by atoms with E-state index in [0.29, 0.717) is 21.6 Å². The summed E-state index contributed by atoms with van der Waals surface area (Å²) in [5, 5.41) is 2.16. The molecule has 4 nitrogen and oxygen atoms in total. The van der Waals surface area contributed by atoms with Crippen LogP contribution in [0.3, 0.4) is 0 Å². The predicted molar refractivity (Wildman–Crippen MR) is 126 cm³/mol. The Morgan fingerprint density at radius 1 is 1.03 bits per heavy atom. The lowest BCUT2D eigenvalue weighted by Crippen LogP contribution is -2.36. The Kier molecular flexibility index (Phi) is 5.62. The minimum atomic E-state index is -0.0921. The van der Waals surface area contributed by atoms with Crippen LogP contribution in [0.5, 0.6) is 0 Å². The zero-order valence-corrected chi connectivity index (χ0v) is 19.2. The van der Waals surface area contributed by atoms with E-state index >= 15 is 0 Å². The first-order chi connectivity index (χ1) is 13.8. The van der Waals surface area contributed by atoms with Gasteiger partial charge in [-0.15, -0.1) is 11.3 Å². The maximum absolute atomic E-state index is 13.6. The van der Waals surface area contributed by atoms with Crippen LogP contribution in [0.25, 0.3) is 20.3 Å². The van der Waals surface area contributed by atoms with Crippen LogP contribution in [0.1, 0.15) is 20.8 Å². The molecule has 4 rings (SSSR count). The highest BCUT2D eigenvalue weighted by atomic mass is 35.5. The fourth-order valence-corrected chi connectivity index (χ4v) is 5.67. The molecule has 0 atom stereocenters. The first kappa shape index (κ1) is 20.3. The van der Waals surface area contributed by atoms with E-state index in [2.05, 4.69) is 30.9 Å². The average molecular weight is 444 g/mol. The Morgan fingerprint density at radius 3 is 2.48 bits per heavy atom. The van der Waals surface area contributed by atoms with Gasteiger partial charge in [-0.05, 0) is 57.3 Å². The van der Waals surface area contributed by atoms with Gasteiger partial charge in [0, 0.05) is 23.2 Å². The highest BCUT2D eigenvalue weighted by Gasteiger charge is 2.26. The van der Waals surface area contributed by atoms with E-state index in [0.717, 1.165) is 26.8 Å². The summed E-state index contributed by atoms with van der Waals surface area (Å²) in [6.07, 6.45) is 0. The number of fused-ring (bicyclic) bond motifs is 2. The molecule has 0 aliphatic rings. The molecule has 2 aromatic carbocycles. The van der Waals surface area contributed by atoms with Gasteiger partial charge in [-0.2, -0.15) is 0 Å². The number of likely N-dealkylation sites (N-methyl/N-ethyl adjacent to an activating group) is 1. The summed E-state index contributed by atoms with van der Waals surface area (Å²) in [6.45, 7) is 5.47. The maximum Gasteiger partial charge on any atom is 0.271 e. The van der Waals surface area contributed by atoms with Gasteiger partial charge in [0.15, 0.2) is 5.13 Å². The maximum atomic E-state index is 13.6. The normalized spacial score (nSPS) is 11.7. The van der Waals surface area contributed by atoms with Crippen LogP contribution in [0, 0.1) is 13.8 Å². The number of benzene rings is 2. The van der Waals surface area contributed by atoms with Crippen molar-refractivity contribution in [2.75, 3.05) is 32.1 Å². The zero-order chi connectivity index (χ0) is 20.7. The third-order valence-electron chi connectivity index (χ3n) is 4.97. The summed E-state index contributed by atoms with van der Waals surface area (Å²) in [7, 11) is 4.00. The number of amides is 1. The molecule has 29 heavy (non-hydrogen) atoms. The van der Waals surface area contributed by atoms with E-state index in [-0.39, 0.29) is 5.91 Å². The van der Waals surface area contributed by atoms with Crippen molar-refractivity contribution in [3.05, 3.63) is 57.4 Å². The van der Waals surface area contributed by atoms with Gasteiger partial charge in [0.05, 0.1) is 15.2 Å². The lowest BCUT2D eigenvalue weighted by molar-refractivity contribution is 0.0989. The Bertz CT molecular complexity index is 1170. The summed E-state index contributed by atoms with van der Waals surface area (Å²) in [5.74, 6) is -0.0921. The van der Waals surface area contributed by atoms with Gasteiger partial charge >= 0.3 is 0 Å². The largest absolute Gasteiger partial charge is 0.308 e. The van der Waals surface area contributed by atoms with Crippen molar-refractivity contribution in [3.63, 3.8) is 0 Å². The second-order valence-electron chi connectivity index (χ2n) is 7.40. The van der Waals surface area contributed by atoms with E-state index in [4.69, 9.17) is 16.6 Å². The molecule has 0 saturated carbocycles. The third-order valence-corrected chi connectivity index (χ3v) is 7.67. The first-order valence-electron chi connectivity index (χ1n) is 9.36. The Labute approximate surface area is 183 Å². The smallest absolute Gasteiger partial charge is 0.271 e. The molecule has 2 heterocycles. The minimum absolute atomic E-state index is 0.0921. The molecule has 4 aromatic rings. The number of nitrogens with zero attached hydrogens (tertiary/aromatic N) is 3. The van der Waals surface area contributed by atoms with E-state index < -0.39 is 0 Å². The van der Waals surface area contributed by atoms with Gasteiger partial charge in [0.1, 0.15) is 4.88 Å². The van der Waals surface area contributed by atoms with Crippen LogP contribution < -0.4 is 4.90 Å². The number of thiophene rings is 1. The molecule has 0 spiro atoms. The van der Waals surface area contributed by atoms with Gasteiger partial charge in [-0.25, -0.2) is 4.98 Å². The highest BCUT2D eigenvalue weighted by Crippen LogP contribution is 2.38. The molecule has 2 aromatic heterocycles. The van der Waals surface area contributed by atoms with Crippen LogP contribution in [0.2, 0.25) is 5.02 Å². The lowest BCUT2D eigenvalue weighted by atomic mass is 10.1. The van der Waals surface area contributed by atoms with Gasteiger partial charge in [0.25, 0.3) is 5.91 Å². The second kappa shape index (κ2) is 8.03. The third kappa shape index (κ3) is 3.90. The molecule has 0 aliphatic carbocycles. The minimum Gasteiger partial charge on any atom is -0.308 e. The molecule has 0 radical (unpaired) electrons. The monoisotopic (exact) mass is 443 g/mol. The molecule has 0 N–H and O–H groups in total. The van der Waals surface area contributed by atoms with Crippen molar-refractivity contribution < 1.29 is 4.79 Å². The van der Waals surface area contributed by atoms with Crippen LogP contribution >= 0.6 is 34.3 Å². The molecule has 0 fully saturated rings. The number of hydrogen-bond donors (Lipinski definition) is 0. The van der Waals surface area contributed by atoms with Gasteiger partial charge in [0.2, 0.25) is 0 Å². The number of hydrogen-bond acceptors (Lipinski definition) is 5. The van der Waals surface area contributed by atoms with Crippen LogP contribution in [0.15, 0.2) is 36.4 Å². The number of aromatic nitrogens is 1. The summed E-state index contributed by atoms with van der Waals surface area (Å²) in [5.41, 5.74) is 3.36. The quantitative estimate of drug-likeness (QED) is 0.380. The molecule has 0 aliphatic heterocycles. The average Bonchev–Trinajstić information content (AvgIpc) is 3.23. The molecular weight excluding hydrogens is 422 g/mol. The Hall–Kier alpha value is -1.99. The number of halogens is 1. The molecular formula is C22H22ClN3OS2. The summed E-state index contributed by atoms with van der Waals surface area (Å²) >= 11 is 9.60. The molecule has 150 valence electrons. The van der Waals surface area contributed by atoms with Crippen LogP contribution in [-0.2, 0) is 0 Å². The first-order valence-corrected chi connectivity index (χ1v) is 11.4. The number of thiazole rings is 1. The van der Waals surface area contributed by atoms with Gasteiger partial charge in [-0.3, -0.25) is 9.69 Å². The molecule has 1 amide bonds. The fraction of sp³-hybridized carbons (Fsp3) is 0.273. The van der Waals surface area contributed by atoms with Crippen molar-refractivity contribution in [1.29, 1.82) is 0 Å². The van der Waals surface area contributed by atoms with Crippen LogP contribution in [0.4, 0.5) is 5.13 Å². The zero-order valence-electron chi connectivity index (χ0n) is 16.8. The number of anilines is 1. The Morgan fingerprint density at radius 2 is 1.76 bits per heavy atom. The summed E-state index contributed by atoms with van der Waals surface area (Å²) in [6, 6.07) is 12.1. The van der Waals surface area contributed by atoms with Crippen LogP contribution in [-0.4, -0.2) is 43.0 Å². The number of aryl methyl sites for hydroxylation is 2. The van der Waals surface area contributed by atoms with E-state index in [1.807, 2.05) is 38.4 Å². The summed E-state index contributed by atoms with van der Waals surface area (Å²) < 4.78 is 2.11. The predicted octanol–water partition coefficient (Wildman–Crippen LogP) is 5.99.